The third-order valence-corrected chi connectivity index (χ3v) is 4.66. The van der Waals surface area contributed by atoms with Gasteiger partial charge in [-0.25, -0.2) is 9.78 Å². The largest absolute Gasteiger partial charge is 0.506 e. The van der Waals surface area contributed by atoms with Crippen LogP contribution in [-0.2, 0) is 4.74 Å². The first-order chi connectivity index (χ1) is 13.1. The molecule has 0 spiro atoms. The van der Waals surface area contributed by atoms with Gasteiger partial charge in [0, 0.05) is 16.8 Å². The number of aromatic hydroxyl groups is 1. The number of nitrogens with one attached hydrogen (secondary N) is 1. The number of hydrogen-bond acceptors (Lipinski definition) is 5. The summed E-state index contributed by atoms with van der Waals surface area (Å²) in [6.45, 7) is 3.88. The number of nitrogens with zero attached hydrogens (tertiary/aromatic N) is 2. The van der Waals surface area contributed by atoms with E-state index in [0.717, 1.165) is 17.0 Å². The lowest BCUT2D eigenvalue weighted by atomic mass is 10.1. The van der Waals surface area contributed by atoms with Crippen LogP contribution >= 0.6 is 0 Å². The number of benzene rings is 2. The molecule has 7 heteroatoms. The van der Waals surface area contributed by atoms with Gasteiger partial charge in [0.15, 0.2) is 0 Å². The van der Waals surface area contributed by atoms with Gasteiger partial charge in [0.05, 0.1) is 31.1 Å². The van der Waals surface area contributed by atoms with E-state index in [0.29, 0.717) is 27.7 Å². The number of phenolic OH excluding ortho intramolecular Hbond substituents is 1. The number of aromatic nitrogens is 3. The minimum absolute atomic E-state index is 0.0347. The number of rotatable bonds is 4. The van der Waals surface area contributed by atoms with E-state index >= 15 is 0 Å². The topological polar surface area (TPSA) is 89.4 Å². The first-order valence-corrected chi connectivity index (χ1v) is 8.58. The van der Waals surface area contributed by atoms with Gasteiger partial charge in [0.25, 0.3) is 0 Å². The van der Waals surface area contributed by atoms with Crippen molar-refractivity contribution < 1.29 is 19.4 Å². The van der Waals surface area contributed by atoms with E-state index in [9.17, 15) is 9.90 Å². The number of carbonyl (C=O) groups is 1. The van der Waals surface area contributed by atoms with Crippen molar-refractivity contribution >= 4 is 27.9 Å². The first-order valence-electron chi connectivity index (χ1n) is 8.58. The summed E-state index contributed by atoms with van der Waals surface area (Å²) in [7, 11) is 1.61. The Morgan fingerprint density at radius 2 is 2.04 bits per heavy atom. The summed E-state index contributed by atoms with van der Waals surface area (Å²) < 4.78 is 12.4. The SMILES string of the molecule is CCOC(=O)c1c(C)n(-c2ccc(OC)cc2)c2c1cc(O)c1[nH]cnc12. The van der Waals surface area contributed by atoms with Gasteiger partial charge in [-0.3, -0.25) is 0 Å². The molecule has 7 nitrogen and oxygen atoms in total. The zero-order valence-corrected chi connectivity index (χ0v) is 15.2. The molecule has 0 fully saturated rings. The van der Waals surface area contributed by atoms with E-state index < -0.39 is 5.97 Å². The summed E-state index contributed by atoms with van der Waals surface area (Å²) in [5, 5.41) is 11.0. The maximum Gasteiger partial charge on any atom is 0.340 e. The Morgan fingerprint density at radius 1 is 1.30 bits per heavy atom. The smallest absolute Gasteiger partial charge is 0.340 e. The lowest BCUT2D eigenvalue weighted by molar-refractivity contribution is 0.0527. The summed E-state index contributed by atoms with van der Waals surface area (Å²) in [4.78, 5) is 20.0. The van der Waals surface area contributed by atoms with Crippen molar-refractivity contribution in [3.63, 3.8) is 0 Å². The normalized spacial score (nSPS) is 11.2. The zero-order chi connectivity index (χ0) is 19.1. The summed E-state index contributed by atoms with van der Waals surface area (Å²) in [5.74, 6) is 0.343. The minimum atomic E-state index is -0.429. The molecule has 2 heterocycles. The zero-order valence-electron chi connectivity index (χ0n) is 15.2. The molecule has 2 N–H and O–H groups in total. The molecule has 0 aliphatic carbocycles. The molecule has 0 unspecified atom stereocenters. The number of ether oxygens (including phenoxy) is 2. The van der Waals surface area contributed by atoms with Crippen LogP contribution in [0.25, 0.3) is 27.6 Å². The van der Waals surface area contributed by atoms with E-state index in [1.54, 1.807) is 20.1 Å². The van der Waals surface area contributed by atoms with Crippen LogP contribution in [0.3, 0.4) is 0 Å². The van der Waals surface area contributed by atoms with Crippen molar-refractivity contribution in [1.29, 1.82) is 0 Å². The highest BCUT2D eigenvalue weighted by atomic mass is 16.5. The van der Waals surface area contributed by atoms with Gasteiger partial charge in [-0.15, -0.1) is 0 Å². The summed E-state index contributed by atoms with van der Waals surface area (Å²) in [5.41, 5.74) is 3.81. The molecule has 0 aliphatic rings. The molecule has 0 saturated heterocycles. The highest BCUT2D eigenvalue weighted by molar-refractivity contribution is 6.15. The second kappa shape index (κ2) is 6.35. The number of aromatic amines is 1. The molecule has 138 valence electrons. The Kier molecular flexibility index (Phi) is 3.99. The number of fused-ring (bicyclic) bond motifs is 3. The third-order valence-electron chi connectivity index (χ3n) is 4.66. The quantitative estimate of drug-likeness (QED) is 0.538. The highest BCUT2D eigenvalue weighted by Gasteiger charge is 2.25. The fourth-order valence-electron chi connectivity index (χ4n) is 3.48. The summed E-state index contributed by atoms with van der Waals surface area (Å²) in [6, 6.07) is 9.10. The molecule has 4 rings (SSSR count). The van der Waals surface area contributed by atoms with Crippen molar-refractivity contribution in [1.82, 2.24) is 14.5 Å². The molecule has 0 atom stereocenters. The van der Waals surface area contributed by atoms with Gasteiger partial charge in [0.1, 0.15) is 22.5 Å². The number of carbonyl (C=O) groups excluding carboxylic acids is 1. The molecule has 4 aromatic rings. The predicted molar refractivity (Wildman–Crippen MR) is 102 cm³/mol. The van der Waals surface area contributed by atoms with Gasteiger partial charge in [0.2, 0.25) is 0 Å². The fraction of sp³-hybridized carbons (Fsp3) is 0.200. The van der Waals surface area contributed by atoms with E-state index in [2.05, 4.69) is 9.97 Å². The lowest BCUT2D eigenvalue weighted by Gasteiger charge is -2.10. The number of imidazole rings is 1. The average Bonchev–Trinajstić information content (AvgIpc) is 3.25. The molecule has 2 aromatic heterocycles. The molecule has 0 saturated carbocycles. The number of phenols is 1. The van der Waals surface area contributed by atoms with Gasteiger partial charge < -0.3 is 24.1 Å². The lowest BCUT2D eigenvalue weighted by Crippen LogP contribution is -2.07. The molecule has 0 bridgehead atoms. The monoisotopic (exact) mass is 365 g/mol. The maximum atomic E-state index is 12.6. The summed E-state index contributed by atoms with van der Waals surface area (Å²) in [6.07, 6.45) is 1.52. The summed E-state index contributed by atoms with van der Waals surface area (Å²) >= 11 is 0. The Bertz CT molecular complexity index is 1160. The molecular weight excluding hydrogens is 346 g/mol. The van der Waals surface area contributed by atoms with Gasteiger partial charge >= 0.3 is 5.97 Å². The second-order valence-corrected chi connectivity index (χ2v) is 6.13. The Hall–Kier alpha value is -3.48. The Morgan fingerprint density at radius 3 is 2.70 bits per heavy atom. The second-order valence-electron chi connectivity index (χ2n) is 6.13. The van der Waals surface area contributed by atoms with Crippen LogP contribution in [0.1, 0.15) is 23.0 Å². The number of H-pyrrole nitrogens is 1. The maximum absolute atomic E-state index is 12.6. The molecule has 0 amide bonds. The van der Waals surface area contributed by atoms with Crippen LogP contribution in [-0.4, -0.2) is 39.3 Å². The van der Waals surface area contributed by atoms with Crippen LogP contribution in [0.2, 0.25) is 0 Å². The standard InChI is InChI=1S/C20H19N3O4/c1-4-27-20(25)16-11(2)23(12-5-7-13(26-3)8-6-12)19-14(16)9-15(24)17-18(19)22-10-21-17/h5-10,24H,4H2,1-3H3,(H,21,22). The van der Waals surface area contributed by atoms with Crippen molar-refractivity contribution in [3.05, 3.63) is 47.9 Å². The molecule has 2 aromatic carbocycles. The van der Waals surface area contributed by atoms with Gasteiger partial charge in [-0.1, -0.05) is 0 Å². The van der Waals surface area contributed by atoms with Gasteiger partial charge in [-0.05, 0) is 44.2 Å². The van der Waals surface area contributed by atoms with Crippen LogP contribution in [0, 0.1) is 6.92 Å². The molecule has 27 heavy (non-hydrogen) atoms. The number of methoxy groups -OCH3 is 1. The third kappa shape index (κ3) is 2.51. The Labute approximate surface area is 155 Å². The first kappa shape index (κ1) is 17.0. The molecule has 0 aliphatic heterocycles. The van der Waals surface area contributed by atoms with E-state index in [1.807, 2.05) is 35.8 Å². The van der Waals surface area contributed by atoms with E-state index in [1.165, 1.54) is 6.33 Å². The van der Waals surface area contributed by atoms with Crippen molar-refractivity contribution in [2.45, 2.75) is 13.8 Å². The van der Waals surface area contributed by atoms with Crippen molar-refractivity contribution in [2.24, 2.45) is 0 Å². The molecule has 0 radical (unpaired) electrons. The number of esters is 1. The van der Waals surface area contributed by atoms with E-state index in [4.69, 9.17) is 9.47 Å². The fourth-order valence-corrected chi connectivity index (χ4v) is 3.48. The minimum Gasteiger partial charge on any atom is -0.506 e. The Balaban J connectivity index is 2.11. The molecular formula is C20H19N3O4. The van der Waals surface area contributed by atoms with Crippen LogP contribution in [0.4, 0.5) is 0 Å². The van der Waals surface area contributed by atoms with Gasteiger partial charge in [-0.2, -0.15) is 0 Å². The predicted octanol–water partition coefficient (Wildman–Crippen LogP) is 3.71. The van der Waals surface area contributed by atoms with Crippen molar-refractivity contribution in [2.75, 3.05) is 13.7 Å². The van der Waals surface area contributed by atoms with Crippen LogP contribution in [0.15, 0.2) is 36.7 Å². The number of hydrogen-bond donors (Lipinski definition) is 2. The van der Waals surface area contributed by atoms with E-state index in [-0.39, 0.29) is 12.4 Å². The van der Waals surface area contributed by atoms with Crippen LogP contribution < -0.4 is 4.74 Å². The average molecular weight is 365 g/mol. The highest BCUT2D eigenvalue weighted by Crippen LogP contribution is 2.38. The van der Waals surface area contributed by atoms with Crippen molar-refractivity contribution in [3.8, 4) is 17.2 Å². The van der Waals surface area contributed by atoms with Crippen LogP contribution in [0.5, 0.6) is 11.5 Å².